The molecule has 0 aliphatic carbocycles. The molecule has 3 amide bonds. The Morgan fingerprint density at radius 1 is 1.17 bits per heavy atom. The third-order valence-corrected chi connectivity index (χ3v) is 5.59. The van der Waals surface area contributed by atoms with E-state index in [4.69, 9.17) is 0 Å². The first-order chi connectivity index (χ1) is 13.8. The van der Waals surface area contributed by atoms with Crippen LogP contribution in [0.15, 0.2) is 36.4 Å². The van der Waals surface area contributed by atoms with Crippen LogP contribution in [-0.2, 0) is 20.8 Å². The first-order valence-corrected chi connectivity index (χ1v) is 9.62. The standard InChI is InChI=1S/C22H22FN3O3/c1-13-9-17(23)3-5-19(13)24-22(29)16-11-21(28)26(12-16)18-4-6-20-15(10-18)7-8-25(20)14(2)27/h3-6,9-10,16H,7-8,11-12H2,1-2H3,(H,24,29)/t16-/m1/s1. The van der Waals surface area contributed by atoms with Gasteiger partial charge in [-0.25, -0.2) is 4.39 Å². The van der Waals surface area contributed by atoms with E-state index in [2.05, 4.69) is 5.32 Å². The molecule has 4 rings (SSSR count). The summed E-state index contributed by atoms with van der Waals surface area (Å²) in [5, 5.41) is 2.80. The molecule has 1 N–H and O–H groups in total. The Balaban J connectivity index is 1.48. The largest absolute Gasteiger partial charge is 0.326 e. The van der Waals surface area contributed by atoms with Gasteiger partial charge < -0.3 is 15.1 Å². The lowest BCUT2D eigenvalue weighted by Gasteiger charge is -2.19. The molecule has 1 saturated heterocycles. The Bertz CT molecular complexity index is 1020. The van der Waals surface area contributed by atoms with Crippen LogP contribution in [0.1, 0.15) is 24.5 Å². The Hall–Kier alpha value is -3.22. The number of nitrogens with zero attached hydrogens (tertiary/aromatic N) is 2. The highest BCUT2D eigenvalue weighted by molar-refractivity contribution is 6.04. The minimum Gasteiger partial charge on any atom is -0.326 e. The Labute approximate surface area is 168 Å². The Kier molecular flexibility index (Phi) is 4.82. The molecule has 1 fully saturated rings. The second kappa shape index (κ2) is 7.31. The SMILES string of the molecule is CC(=O)N1CCc2cc(N3C[C@H](C(=O)Nc4ccc(F)cc4C)CC3=O)ccc21. The first-order valence-electron chi connectivity index (χ1n) is 9.62. The van der Waals surface area contributed by atoms with Crippen molar-refractivity contribution in [2.75, 3.05) is 28.2 Å². The maximum absolute atomic E-state index is 13.3. The predicted octanol–water partition coefficient (Wildman–Crippen LogP) is 3.03. The molecule has 2 aliphatic heterocycles. The number of nitrogens with one attached hydrogen (secondary N) is 1. The highest BCUT2D eigenvalue weighted by Gasteiger charge is 2.36. The van der Waals surface area contributed by atoms with E-state index in [1.54, 1.807) is 23.6 Å². The molecule has 0 spiro atoms. The van der Waals surface area contributed by atoms with Gasteiger partial charge >= 0.3 is 0 Å². The number of halogens is 1. The molecule has 0 saturated carbocycles. The van der Waals surface area contributed by atoms with Crippen LogP contribution in [0, 0.1) is 18.7 Å². The quantitative estimate of drug-likeness (QED) is 0.869. The lowest BCUT2D eigenvalue weighted by atomic mass is 10.1. The molecule has 7 heteroatoms. The number of rotatable bonds is 3. The molecule has 0 bridgehead atoms. The lowest BCUT2D eigenvalue weighted by Crippen LogP contribution is -2.28. The predicted molar refractivity (Wildman–Crippen MR) is 108 cm³/mol. The maximum Gasteiger partial charge on any atom is 0.229 e. The van der Waals surface area contributed by atoms with E-state index in [1.807, 2.05) is 18.2 Å². The zero-order chi connectivity index (χ0) is 20.7. The van der Waals surface area contributed by atoms with Crippen molar-refractivity contribution in [1.29, 1.82) is 0 Å². The summed E-state index contributed by atoms with van der Waals surface area (Å²) in [5.41, 5.74) is 3.83. The van der Waals surface area contributed by atoms with E-state index < -0.39 is 5.92 Å². The third kappa shape index (κ3) is 3.60. The smallest absolute Gasteiger partial charge is 0.229 e. The number of amides is 3. The molecule has 2 aromatic carbocycles. The van der Waals surface area contributed by atoms with Gasteiger partial charge in [-0.2, -0.15) is 0 Å². The van der Waals surface area contributed by atoms with Crippen LogP contribution in [0.25, 0.3) is 0 Å². The van der Waals surface area contributed by atoms with Crippen molar-refractivity contribution in [3.8, 4) is 0 Å². The fourth-order valence-corrected chi connectivity index (χ4v) is 4.02. The molecule has 0 aromatic heterocycles. The summed E-state index contributed by atoms with van der Waals surface area (Å²) >= 11 is 0. The second-order valence-electron chi connectivity index (χ2n) is 7.59. The van der Waals surface area contributed by atoms with Gasteiger partial charge in [0.1, 0.15) is 5.82 Å². The van der Waals surface area contributed by atoms with Crippen molar-refractivity contribution in [3.05, 3.63) is 53.3 Å². The summed E-state index contributed by atoms with van der Waals surface area (Å²) in [4.78, 5) is 40.3. The normalized spacial score (nSPS) is 18.2. The van der Waals surface area contributed by atoms with E-state index in [1.165, 1.54) is 18.2 Å². The monoisotopic (exact) mass is 395 g/mol. The first kappa shape index (κ1) is 19.1. The molecular weight excluding hydrogens is 373 g/mol. The average Bonchev–Trinajstić information content (AvgIpc) is 3.27. The molecule has 2 aromatic rings. The summed E-state index contributed by atoms with van der Waals surface area (Å²) < 4.78 is 13.3. The number of hydrogen-bond acceptors (Lipinski definition) is 3. The van der Waals surface area contributed by atoms with Crippen LogP contribution < -0.4 is 15.1 Å². The van der Waals surface area contributed by atoms with Crippen LogP contribution in [0.4, 0.5) is 21.5 Å². The molecule has 2 heterocycles. The second-order valence-corrected chi connectivity index (χ2v) is 7.59. The summed E-state index contributed by atoms with van der Waals surface area (Å²) in [6, 6.07) is 9.79. The molecule has 0 radical (unpaired) electrons. The van der Waals surface area contributed by atoms with E-state index in [0.717, 1.165) is 23.4 Å². The lowest BCUT2D eigenvalue weighted by molar-refractivity contribution is -0.122. The van der Waals surface area contributed by atoms with Gasteiger partial charge in [-0.15, -0.1) is 0 Å². The molecule has 29 heavy (non-hydrogen) atoms. The van der Waals surface area contributed by atoms with Crippen LogP contribution >= 0.6 is 0 Å². The van der Waals surface area contributed by atoms with Gasteiger partial charge in [0.15, 0.2) is 0 Å². The highest BCUT2D eigenvalue weighted by atomic mass is 19.1. The maximum atomic E-state index is 13.3. The van der Waals surface area contributed by atoms with Gasteiger partial charge in [0.25, 0.3) is 0 Å². The van der Waals surface area contributed by atoms with Crippen molar-refractivity contribution in [2.24, 2.45) is 5.92 Å². The van der Waals surface area contributed by atoms with Gasteiger partial charge in [0.05, 0.1) is 5.92 Å². The molecule has 2 aliphatic rings. The van der Waals surface area contributed by atoms with Gasteiger partial charge in [-0.1, -0.05) is 0 Å². The van der Waals surface area contributed by atoms with Gasteiger partial charge in [0, 0.05) is 43.5 Å². The van der Waals surface area contributed by atoms with E-state index in [0.29, 0.717) is 24.3 Å². The average molecular weight is 395 g/mol. The summed E-state index contributed by atoms with van der Waals surface area (Å²) in [6.07, 6.45) is 0.876. The minimum atomic E-state index is -0.478. The number of carbonyl (C=O) groups excluding carboxylic acids is 3. The van der Waals surface area contributed by atoms with Crippen molar-refractivity contribution in [1.82, 2.24) is 0 Å². The number of anilines is 3. The topological polar surface area (TPSA) is 69.7 Å². The van der Waals surface area contributed by atoms with Crippen LogP contribution in [0.3, 0.4) is 0 Å². The van der Waals surface area contributed by atoms with Crippen LogP contribution in [-0.4, -0.2) is 30.8 Å². The van der Waals surface area contributed by atoms with Crippen molar-refractivity contribution >= 4 is 34.8 Å². The van der Waals surface area contributed by atoms with Crippen LogP contribution in [0.2, 0.25) is 0 Å². The molecule has 0 unspecified atom stereocenters. The fraction of sp³-hybridized carbons (Fsp3) is 0.318. The number of carbonyl (C=O) groups is 3. The van der Waals surface area contributed by atoms with Crippen molar-refractivity contribution in [3.63, 3.8) is 0 Å². The van der Waals surface area contributed by atoms with Gasteiger partial charge in [-0.3, -0.25) is 14.4 Å². The summed E-state index contributed by atoms with van der Waals surface area (Å²) in [6.45, 7) is 4.20. The summed E-state index contributed by atoms with van der Waals surface area (Å²) in [5.74, 6) is -1.19. The highest BCUT2D eigenvalue weighted by Crippen LogP contribution is 2.34. The number of aryl methyl sites for hydroxylation is 1. The molecule has 150 valence electrons. The number of fused-ring (bicyclic) bond motifs is 1. The van der Waals surface area contributed by atoms with Gasteiger partial charge in [0.2, 0.25) is 17.7 Å². The fourth-order valence-electron chi connectivity index (χ4n) is 4.02. The Morgan fingerprint density at radius 2 is 1.97 bits per heavy atom. The molecule has 1 atom stereocenters. The molecule has 6 nitrogen and oxygen atoms in total. The molecular formula is C22H22FN3O3. The van der Waals surface area contributed by atoms with E-state index >= 15 is 0 Å². The zero-order valence-corrected chi connectivity index (χ0v) is 16.4. The Morgan fingerprint density at radius 3 is 2.69 bits per heavy atom. The van der Waals surface area contributed by atoms with E-state index in [9.17, 15) is 18.8 Å². The number of hydrogen-bond donors (Lipinski definition) is 1. The summed E-state index contributed by atoms with van der Waals surface area (Å²) in [7, 11) is 0. The van der Waals surface area contributed by atoms with Crippen molar-refractivity contribution < 1.29 is 18.8 Å². The minimum absolute atomic E-state index is 0.00145. The van der Waals surface area contributed by atoms with Crippen molar-refractivity contribution in [2.45, 2.75) is 26.7 Å². The van der Waals surface area contributed by atoms with Gasteiger partial charge in [-0.05, 0) is 60.9 Å². The number of benzene rings is 2. The third-order valence-electron chi connectivity index (χ3n) is 5.59. The van der Waals surface area contributed by atoms with Crippen LogP contribution in [0.5, 0.6) is 0 Å². The van der Waals surface area contributed by atoms with E-state index in [-0.39, 0.29) is 30.0 Å². The zero-order valence-electron chi connectivity index (χ0n) is 16.4.